The molecule has 0 aliphatic carbocycles. The van der Waals surface area contributed by atoms with Crippen LogP contribution in [0.2, 0.25) is 0 Å². The molecular weight excluding hydrogens is 408 g/mol. The van der Waals surface area contributed by atoms with Crippen molar-refractivity contribution in [3.63, 3.8) is 0 Å². The maximum Gasteiger partial charge on any atom is 0.258 e. The summed E-state index contributed by atoms with van der Waals surface area (Å²) < 4.78 is 10.9. The van der Waals surface area contributed by atoms with E-state index in [2.05, 4.69) is 33.2 Å². The molecule has 1 aliphatic rings. The Kier molecular flexibility index (Phi) is 6.81. The van der Waals surface area contributed by atoms with Crippen molar-refractivity contribution in [2.75, 3.05) is 32.8 Å². The summed E-state index contributed by atoms with van der Waals surface area (Å²) in [7, 11) is 0. The predicted octanol–water partition coefficient (Wildman–Crippen LogP) is 2.43. The van der Waals surface area contributed by atoms with E-state index in [1.807, 2.05) is 13.0 Å². The van der Waals surface area contributed by atoms with Crippen molar-refractivity contribution in [1.82, 2.24) is 15.0 Å². The van der Waals surface area contributed by atoms with E-state index in [-0.39, 0.29) is 6.61 Å². The number of aromatic nitrogens is 2. The van der Waals surface area contributed by atoms with Crippen molar-refractivity contribution in [2.45, 2.75) is 25.9 Å². The number of nitrogens with zero attached hydrogens (tertiary/aromatic N) is 4. The van der Waals surface area contributed by atoms with Crippen LogP contribution in [0.3, 0.4) is 0 Å². The number of fused-ring (bicyclic) bond motifs is 1. The van der Waals surface area contributed by atoms with E-state index in [0.29, 0.717) is 41.7 Å². The molecule has 0 amide bonds. The third kappa shape index (κ3) is 4.81. The lowest BCUT2D eigenvalue weighted by atomic mass is 10.00. The summed E-state index contributed by atoms with van der Waals surface area (Å²) in [6, 6.07) is 13.5. The Balaban J connectivity index is 1.53. The highest BCUT2D eigenvalue weighted by atomic mass is 16.5. The molecule has 2 N–H and O–H groups in total. The summed E-state index contributed by atoms with van der Waals surface area (Å²) in [6.07, 6.45) is 1.01. The van der Waals surface area contributed by atoms with Gasteiger partial charge < -0.3 is 24.4 Å². The standard InChI is InChI=1S/C24H26N4O4/c1-2-31-22-6-5-19(12-20(22)13-25)24-26-23(27-32-24)18-4-3-16-7-9-28(14-21(30)15-29)10-8-17(16)11-18/h3-6,11-12,21,29-30H,2,7-10,14-15H2,1H3. The van der Waals surface area contributed by atoms with E-state index in [1.54, 1.807) is 18.2 Å². The maximum atomic E-state index is 9.74. The van der Waals surface area contributed by atoms with Crippen molar-refractivity contribution in [2.24, 2.45) is 0 Å². The molecule has 1 aliphatic heterocycles. The summed E-state index contributed by atoms with van der Waals surface area (Å²) in [4.78, 5) is 6.71. The topological polar surface area (TPSA) is 116 Å². The highest BCUT2D eigenvalue weighted by Gasteiger charge is 2.19. The van der Waals surface area contributed by atoms with Gasteiger partial charge in [0, 0.05) is 30.8 Å². The molecule has 3 aromatic rings. The van der Waals surface area contributed by atoms with E-state index in [9.17, 15) is 10.4 Å². The molecular formula is C24H26N4O4. The molecule has 166 valence electrons. The van der Waals surface area contributed by atoms with Gasteiger partial charge in [0.15, 0.2) is 0 Å². The number of benzene rings is 2. The first-order chi connectivity index (χ1) is 15.6. The number of ether oxygens (including phenoxy) is 1. The maximum absolute atomic E-state index is 9.74. The molecule has 8 heteroatoms. The summed E-state index contributed by atoms with van der Waals surface area (Å²) >= 11 is 0. The van der Waals surface area contributed by atoms with Crippen molar-refractivity contribution in [3.05, 3.63) is 53.1 Å². The van der Waals surface area contributed by atoms with Crippen LogP contribution in [0.25, 0.3) is 22.8 Å². The number of rotatable bonds is 7. The van der Waals surface area contributed by atoms with E-state index >= 15 is 0 Å². The Morgan fingerprint density at radius 1 is 1.16 bits per heavy atom. The summed E-state index contributed by atoms with van der Waals surface area (Å²) in [6.45, 7) is 4.26. The smallest absolute Gasteiger partial charge is 0.258 e. The van der Waals surface area contributed by atoms with Crippen molar-refractivity contribution >= 4 is 0 Å². The van der Waals surface area contributed by atoms with Gasteiger partial charge in [-0.05, 0) is 55.2 Å². The van der Waals surface area contributed by atoms with Gasteiger partial charge in [-0.3, -0.25) is 0 Å². The number of hydrogen-bond donors (Lipinski definition) is 2. The molecule has 0 saturated carbocycles. The van der Waals surface area contributed by atoms with Crippen molar-refractivity contribution in [3.8, 4) is 34.7 Å². The van der Waals surface area contributed by atoms with E-state index in [4.69, 9.17) is 14.4 Å². The number of hydrogen-bond acceptors (Lipinski definition) is 8. The number of aliphatic hydroxyl groups excluding tert-OH is 2. The van der Waals surface area contributed by atoms with Gasteiger partial charge >= 0.3 is 0 Å². The van der Waals surface area contributed by atoms with Gasteiger partial charge in [-0.15, -0.1) is 0 Å². The number of β-amino-alcohol motifs (C(OH)–C–C–N with tert-alkyl or cyclic N) is 1. The first-order valence-corrected chi connectivity index (χ1v) is 10.8. The van der Waals surface area contributed by atoms with Gasteiger partial charge in [-0.2, -0.15) is 10.2 Å². The van der Waals surface area contributed by atoms with Crippen LogP contribution in [0.15, 0.2) is 40.9 Å². The second-order valence-electron chi connectivity index (χ2n) is 7.80. The lowest BCUT2D eigenvalue weighted by Gasteiger charge is -2.21. The largest absolute Gasteiger partial charge is 0.492 e. The van der Waals surface area contributed by atoms with Gasteiger partial charge in [0.05, 0.1) is 24.9 Å². The molecule has 0 radical (unpaired) electrons. The Morgan fingerprint density at radius 3 is 2.69 bits per heavy atom. The van der Waals surface area contributed by atoms with Crippen LogP contribution in [0.1, 0.15) is 23.6 Å². The fraction of sp³-hybridized carbons (Fsp3) is 0.375. The normalized spacial score (nSPS) is 14.9. The molecule has 0 spiro atoms. The zero-order chi connectivity index (χ0) is 22.5. The van der Waals surface area contributed by atoms with Crippen LogP contribution in [-0.2, 0) is 12.8 Å². The Bertz CT molecular complexity index is 1120. The molecule has 0 fully saturated rings. The zero-order valence-corrected chi connectivity index (χ0v) is 18.0. The lowest BCUT2D eigenvalue weighted by Crippen LogP contribution is -2.35. The molecule has 0 saturated heterocycles. The molecule has 1 unspecified atom stereocenters. The van der Waals surface area contributed by atoms with E-state index in [1.165, 1.54) is 11.1 Å². The SMILES string of the molecule is CCOc1ccc(-c2nc(-c3ccc4c(c3)CCN(CC(O)CO)CC4)no2)cc1C#N. The monoisotopic (exact) mass is 434 g/mol. The van der Waals surface area contributed by atoms with Crippen LogP contribution in [-0.4, -0.2) is 64.2 Å². The molecule has 2 aromatic carbocycles. The minimum Gasteiger partial charge on any atom is -0.492 e. The fourth-order valence-corrected chi connectivity index (χ4v) is 3.94. The van der Waals surface area contributed by atoms with Gasteiger partial charge in [0.2, 0.25) is 5.82 Å². The minimum absolute atomic E-state index is 0.224. The minimum atomic E-state index is -0.714. The fourth-order valence-electron chi connectivity index (χ4n) is 3.94. The van der Waals surface area contributed by atoms with Crippen LogP contribution in [0.4, 0.5) is 0 Å². The lowest BCUT2D eigenvalue weighted by molar-refractivity contribution is 0.0605. The summed E-state index contributed by atoms with van der Waals surface area (Å²) in [5.74, 6) is 1.37. The Hall–Kier alpha value is -3.25. The molecule has 0 bridgehead atoms. The highest BCUT2D eigenvalue weighted by molar-refractivity contribution is 5.64. The summed E-state index contributed by atoms with van der Waals surface area (Å²) in [5.41, 5.74) is 4.45. The average Bonchev–Trinajstić information content (AvgIpc) is 3.23. The van der Waals surface area contributed by atoms with Crippen LogP contribution in [0.5, 0.6) is 5.75 Å². The van der Waals surface area contributed by atoms with E-state index < -0.39 is 6.10 Å². The predicted molar refractivity (Wildman–Crippen MR) is 118 cm³/mol. The van der Waals surface area contributed by atoms with E-state index in [0.717, 1.165) is 31.5 Å². The molecule has 8 nitrogen and oxygen atoms in total. The second kappa shape index (κ2) is 9.92. The van der Waals surface area contributed by atoms with Crippen LogP contribution < -0.4 is 4.74 Å². The van der Waals surface area contributed by atoms with Crippen molar-refractivity contribution in [1.29, 1.82) is 5.26 Å². The van der Waals surface area contributed by atoms with Gasteiger partial charge in [-0.1, -0.05) is 17.3 Å². The zero-order valence-electron chi connectivity index (χ0n) is 18.0. The highest BCUT2D eigenvalue weighted by Crippen LogP contribution is 2.28. The second-order valence-corrected chi connectivity index (χ2v) is 7.80. The van der Waals surface area contributed by atoms with Gasteiger partial charge in [0.25, 0.3) is 5.89 Å². The number of aliphatic hydroxyl groups is 2. The third-order valence-corrected chi connectivity index (χ3v) is 5.61. The quantitative estimate of drug-likeness (QED) is 0.583. The third-order valence-electron chi connectivity index (χ3n) is 5.61. The average molecular weight is 434 g/mol. The Morgan fingerprint density at radius 2 is 1.94 bits per heavy atom. The van der Waals surface area contributed by atoms with Crippen LogP contribution in [0, 0.1) is 11.3 Å². The first-order valence-electron chi connectivity index (χ1n) is 10.8. The Labute approximate surface area is 186 Å². The van der Waals surface area contributed by atoms with Crippen LogP contribution >= 0.6 is 0 Å². The molecule has 1 atom stereocenters. The molecule has 4 rings (SSSR count). The molecule has 2 heterocycles. The number of nitriles is 1. The van der Waals surface area contributed by atoms with Crippen molar-refractivity contribution < 1.29 is 19.5 Å². The first kappa shape index (κ1) is 22.0. The van der Waals surface area contributed by atoms with Gasteiger partial charge in [0.1, 0.15) is 11.8 Å². The molecule has 32 heavy (non-hydrogen) atoms. The van der Waals surface area contributed by atoms with Gasteiger partial charge in [-0.25, -0.2) is 0 Å². The summed E-state index contributed by atoms with van der Waals surface area (Å²) in [5, 5.41) is 32.4. The molecule has 1 aromatic heterocycles.